The third kappa shape index (κ3) is 2.85. The normalized spacial score (nSPS) is 12.4. The van der Waals surface area contributed by atoms with E-state index in [-0.39, 0.29) is 11.8 Å². The van der Waals surface area contributed by atoms with Gasteiger partial charge in [-0.05, 0) is 17.4 Å². The predicted octanol–water partition coefficient (Wildman–Crippen LogP) is 2.23. The minimum Gasteiger partial charge on any atom is -0.480 e. The molecule has 0 spiro atoms. The van der Waals surface area contributed by atoms with Crippen LogP contribution < -0.4 is 16.0 Å². The van der Waals surface area contributed by atoms with Gasteiger partial charge in [0.05, 0.1) is 0 Å². The number of amides is 1. The van der Waals surface area contributed by atoms with Gasteiger partial charge in [0, 0.05) is 5.39 Å². The number of benzene rings is 2. The highest BCUT2D eigenvalue weighted by atomic mass is 16.5. The number of hydrazine groups is 1. The van der Waals surface area contributed by atoms with Crippen molar-refractivity contribution >= 4 is 16.7 Å². The van der Waals surface area contributed by atoms with Crippen molar-refractivity contribution in [2.45, 2.75) is 20.0 Å². The summed E-state index contributed by atoms with van der Waals surface area (Å²) in [6.45, 7) is 3.84. The van der Waals surface area contributed by atoms with Gasteiger partial charge in [-0.15, -0.1) is 0 Å². The van der Waals surface area contributed by atoms with E-state index < -0.39 is 6.10 Å². The Morgan fingerprint density at radius 1 is 1.16 bits per heavy atom. The minimum atomic E-state index is -0.601. The Labute approximate surface area is 112 Å². The van der Waals surface area contributed by atoms with E-state index in [1.54, 1.807) is 0 Å². The maximum Gasteiger partial charge on any atom is 0.275 e. The number of carbonyl (C=O) groups excluding carboxylic acids is 1. The highest BCUT2D eigenvalue weighted by molar-refractivity contribution is 5.89. The van der Waals surface area contributed by atoms with E-state index in [0.717, 1.165) is 10.8 Å². The van der Waals surface area contributed by atoms with Crippen LogP contribution in [0.2, 0.25) is 0 Å². The Kier molecular flexibility index (Phi) is 4.02. The summed E-state index contributed by atoms with van der Waals surface area (Å²) in [7, 11) is 0. The van der Waals surface area contributed by atoms with Crippen molar-refractivity contribution in [2.24, 2.45) is 11.8 Å². The highest BCUT2D eigenvalue weighted by Gasteiger charge is 2.23. The first-order chi connectivity index (χ1) is 9.13. The molecule has 4 heteroatoms. The molecule has 1 unspecified atom stereocenters. The van der Waals surface area contributed by atoms with E-state index in [4.69, 9.17) is 10.6 Å². The summed E-state index contributed by atoms with van der Waals surface area (Å²) in [5.41, 5.74) is 2.15. The zero-order chi connectivity index (χ0) is 13.8. The van der Waals surface area contributed by atoms with Gasteiger partial charge in [-0.3, -0.25) is 10.2 Å². The van der Waals surface area contributed by atoms with E-state index in [0.29, 0.717) is 5.75 Å². The van der Waals surface area contributed by atoms with E-state index in [9.17, 15) is 4.79 Å². The van der Waals surface area contributed by atoms with Crippen LogP contribution in [0.25, 0.3) is 10.8 Å². The van der Waals surface area contributed by atoms with Gasteiger partial charge in [0.25, 0.3) is 5.91 Å². The zero-order valence-corrected chi connectivity index (χ0v) is 11.1. The standard InChI is InChI=1S/C15H18N2O2/c1-10(2)14(15(18)17-16)19-13-9-5-7-11-6-3-4-8-12(11)13/h3-10,14H,16H2,1-2H3,(H,17,18). The molecule has 0 aliphatic carbocycles. The Balaban J connectivity index is 2.36. The number of hydrogen-bond acceptors (Lipinski definition) is 3. The molecular formula is C15H18N2O2. The third-order valence-electron chi connectivity index (χ3n) is 3.01. The number of ether oxygens (including phenoxy) is 1. The van der Waals surface area contributed by atoms with Crippen molar-refractivity contribution in [1.82, 2.24) is 5.43 Å². The fraction of sp³-hybridized carbons (Fsp3) is 0.267. The lowest BCUT2D eigenvalue weighted by Crippen LogP contribution is -2.44. The summed E-state index contributed by atoms with van der Waals surface area (Å²) in [5, 5.41) is 2.07. The Hall–Kier alpha value is -2.07. The SMILES string of the molecule is CC(C)C(Oc1cccc2ccccc12)C(=O)NN. The van der Waals surface area contributed by atoms with Crippen LogP contribution in [0, 0.1) is 5.92 Å². The van der Waals surface area contributed by atoms with E-state index in [1.807, 2.05) is 56.3 Å². The second-order valence-electron chi connectivity index (χ2n) is 4.77. The molecule has 0 aliphatic heterocycles. The van der Waals surface area contributed by atoms with Gasteiger partial charge in [-0.25, -0.2) is 5.84 Å². The monoisotopic (exact) mass is 258 g/mol. The summed E-state index contributed by atoms with van der Waals surface area (Å²) >= 11 is 0. The number of nitrogens with one attached hydrogen (secondary N) is 1. The van der Waals surface area contributed by atoms with Gasteiger partial charge in [0.2, 0.25) is 0 Å². The largest absolute Gasteiger partial charge is 0.480 e. The summed E-state index contributed by atoms with van der Waals surface area (Å²) in [6, 6.07) is 13.7. The number of carbonyl (C=O) groups is 1. The topological polar surface area (TPSA) is 64.3 Å². The molecule has 0 heterocycles. The van der Waals surface area contributed by atoms with Crippen LogP contribution in [0.5, 0.6) is 5.75 Å². The van der Waals surface area contributed by atoms with Gasteiger partial charge in [-0.1, -0.05) is 50.2 Å². The van der Waals surface area contributed by atoms with Crippen LogP contribution in [0.15, 0.2) is 42.5 Å². The van der Waals surface area contributed by atoms with Gasteiger partial charge in [-0.2, -0.15) is 0 Å². The summed E-state index contributed by atoms with van der Waals surface area (Å²) in [5.74, 6) is 5.61. The van der Waals surface area contributed by atoms with E-state index in [2.05, 4.69) is 5.43 Å². The van der Waals surface area contributed by atoms with Crippen LogP contribution in [0.1, 0.15) is 13.8 Å². The summed E-state index contributed by atoms with van der Waals surface area (Å²) in [4.78, 5) is 11.7. The molecule has 2 aromatic rings. The molecule has 2 rings (SSSR count). The molecule has 19 heavy (non-hydrogen) atoms. The van der Waals surface area contributed by atoms with Crippen LogP contribution in [0.3, 0.4) is 0 Å². The zero-order valence-electron chi connectivity index (χ0n) is 11.1. The molecule has 0 fully saturated rings. The third-order valence-corrected chi connectivity index (χ3v) is 3.01. The van der Waals surface area contributed by atoms with Crippen molar-refractivity contribution in [3.63, 3.8) is 0 Å². The first-order valence-corrected chi connectivity index (χ1v) is 6.28. The molecule has 3 N–H and O–H groups in total. The van der Waals surface area contributed by atoms with Crippen LogP contribution in [-0.4, -0.2) is 12.0 Å². The second kappa shape index (κ2) is 5.71. The lowest BCUT2D eigenvalue weighted by molar-refractivity contribution is -0.129. The summed E-state index contributed by atoms with van der Waals surface area (Å²) < 4.78 is 5.85. The smallest absolute Gasteiger partial charge is 0.275 e. The van der Waals surface area contributed by atoms with Gasteiger partial charge in [0.15, 0.2) is 6.10 Å². The maximum atomic E-state index is 11.7. The molecule has 4 nitrogen and oxygen atoms in total. The van der Waals surface area contributed by atoms with E-state index >= 15 is 0 Å². The first kappa shape index (κ1) is 13.4. The molecule has 1 amide bonds. The molecule has 0 aliphatic rings. The second-order valence-corrected chi connectivity index (χ2v) is 4.77. The number of fused-ring (bicyclic) bond motifs is 1. The lowest BCUT2D eigenvalue weighted by Gasteiger charge is -2.21. The van der Waals surface area contributed by atoms with Crippen molar-refractivity contribution in [3.05, 3.63) is 42.5 Å². The highest BCUT2D eigenvalue weighted by Crippen LogP contribution is 2.27. The molecule has 0 radical (unpaired) electrons. The molecule has 2 aromatic carbocycles. The number of nitrogens with two attached hydrogens (primary N) is 1. The Morgan fingerprint density at radius 3 is 2.53 bits per heavy atom. The maximum absolute atomic E-state index is 11.7. The number of rotatable bonds is 4. The lowest BCUT2D eigenvalue weighted by atomic mass is 10.1. The van der Waals surface area contributed by atoms with Crippen LogP contribution >= 0.6 is 0 Å². The average molecular weight is 258 g/mol. The van der Waals surface area contributed by atoms with Crippen molar-refractivity contribution in [1.29, 1.82) is 0 Å². The van der Waals surface area contributed by atoms with Crippen LogP contribution in [-0.2, 0) is 4.79 Å². The molecule has 0 aromatic heterocycles. The Morgan fingerprint density at radius 2 is 1.84 bits per heavy atom. The summed E-state index contributed by atoms with van der Waals surface area (Å²) in [6.07, 6.45) is -0.601. The first-order valence-electron chi connectivity index (χ1n) is 6.28. The van der Waals surface area contributed by atoms with Crippen molar-refractivity contribution in [2.75, 3.05) is 0 Å². The fourth-order valence-corrected chi connectivity index (χ4v) is 2.01. The quantitative estimate of drug-likeness (QED) is 0.502. The molecular weight excluding hydrogens is 240 g/mol. The molecule has 0 saturated heterocycles. The predicted molar refractivity (Wildman–Crippen MR) is 75.5 cm³/mol. The molecule has 100 valence electrons. The number of hydrogen-bond donors (Lipinski definition) is 2. The van der Waals surface area contributed by atoms with Gasteiger partial charge in [0.1, 0.15) is 5.75 Å². The van der Waals surface area contributed by atoms with Crippen LogP contribution in [0.4, 0.5) is 0 Å². The Bertz CT molecular complexity index is 576. The van der Waals surface area contributed by atoms with Gasteiger partial charge >= 0.3 is 0 Å². The van der Waals surface area contributed by atoms with Crippen molar-refractivity contribution in [3.8, 4) is 5.75 Å². The molecule has 0 saturated carbocycles. The van der Waals surface area contributed by atoms with Crippen molar-refractivity contribution < 1.29 is 9.53 Å². The minimum absolute atomic E-state index is 0.0301. The fourth-order valence-electron chi connectivity index (χ4n) is 2.01. The molecule has 1 atom stereocenters. The molecule has 0 bridgehead atoms. The van der Waals surface area contributed by atoms with Gasteiger partial charge < -0.3 is 4.74 Å². The average Bonchev–Trinajstić information content (AvgIpc) is 2.43. The van der Waals surface area contributed by atoms with E-state index in [1.165, 1.54) is 0 Å².